The zero-order valence-corrected chi connectivity index (χ0v) is 12.2. The van der Waals surface area contributed by atoms with E-state index in [0.717, 1.165) is 12.8 Å². The van der Waals surface area contributed by atoms with Crippen LogP contribution in [-0.4, -0.2) is 36.5 Å². The average molecular weight is 293 g/mol. The number of rotatable bonds is 4. The molecule has 0 saturated carbocycles. The van der Waals surface area contributed by atoms with Gasteiger partial charge in [0.05, 0.1) is 18.9 Å². The first kappa shape index (κ1) is 15.5. The van der Waals surface area contributed by atoms with E-state index in [1.807, 2.05) is 0 Å². The zero-order chi connectivity index (χ0) is 15.2. The predicted molar refractivity (Wildman–Crippen MR) is 76.0 cm³/mol. The Morgan fingerprint density at radius 1 is 1.38 bits per heavy atom. The van der Waals surface area contributed by atoms with E-state index in [4.69, 9.17) is 4.74 Å². The third-order valence-corrected chi connectivity index (χ3v) is 3.69. The largest absolute Gasteiger partial charge is 0.466 e. The van der Waals surface area contributed by atoms with Crippen molar-refractivity contribution in [3.8, 4) is 0 Å². The molecule has 21 heavy (non-hydrogen) atoms. The molecule has 1 aromatic carbocycles. The Hall–Kier alpha value is -1.91. The number of likely N-dealkylation sites (tertiary alicyclic amines) is 1. The van der Waals surface area contributed by atoms with Crippen molar-refractivity contribution in [3.05, 3.63) is 35.6 Å². The monoisotopic (exact) mass is 293 g/mol. The molecule has 0 N–H and O–H groups in total. The number of amides is 1. The van der Waals surface area contributed by atoms with E-state index < -0.39 is 0 Å². The summed E-state index contributed by atoms with van der Waals surface area (Å²) in [5.41, 5.74) is 0.390. The van der Waals surface area contributed by atoms with Crippen LogP contribution in [0.2, 0.25) is 0 Å². The summed E-state index contributed by atoms with van der Waals surface area (Å²) >= 11 is 0. The van der Waals surface area contributed by atoms with E-state index >= 15 is 0 Å². The molecule has 114 valence electrons. The number of hydrogen-bond donors (Lipinski definition) is 0. The predicted octanol–water partition coefficient (Wildman–Crippen LogP) is 2.17. The molecule has 0 radical (unpaired) electrons. The summed E-state index contributed by atoms with van der Waals surface area (Å²) in [7, 11) is 0. The maximum Gasteiger partial charge on any atom is 0.310 e. The standard InChI is InChI=1S/C16H20FNO3/c1-2-21-16(20)13-7-5-9-18(11-13)15(19)10-12-6-3-4-8-14(12)17/h3-4,6,8,13H,2,5,7,9-11H2,1H3/t13-/m0/s1. The first-order valence-corrected chi connectivity index (χ1v) is 7.29. The zero-order valence-electron chi connectivity index (χ0n) is 12.2. The van der Waals surface area contributed by atoms with Crippen LogP contribution in [0.3, 0.4) is 0 Å². The molecule has 1 aliphatic heterocycles. The van der Waals surface area contributed by atoms with Crippen LogP contribution in [0.5, 0.6) is 0 Å². The highest BCUT2D eigenvalue weighted by molar-refractivity contribution is 5.80. The van der Waals surface area contributed by atoms with E-state index in [9.17, 15) is 14.0 Å². The van der Waals surface area contributed by atoms with Crippen molar-refractivity contribution < 1.29 is 18.7 Å². The Balaban J connectivity index is 1.96. The van der Waals surface area contributed by atoms with E-state index in [0.29, 0.717) is 25.3 Å². The number of carbonyl (C=O) groups excluding carboxylic acids is 2. The van der Waals surface area contributed by atoms with Crippen molar-refractivity contribution in [2.45, 2.75) is 26.2 Å². The molecule has 5 heteroatoms. The molecular formula is C16H20FNO3. The second-order valence-corrected chi connectivity index (χ2v) is 5.20. The minimum atomic E-state index is -0.371. The summed E-state index contributed by atoms with van der Waals surface area (Å²) in [4.78, 5) is 25.6. The molecule has 0 aliphatic carbocycles. The number of carbonyl (C=O) groups is 2. The first-order chi connectivity index (χ1) is 10.1. The van der Waals surface area contributed by atoms with Crippen molar-refractivity contribution in [2.24, 2.45) is 5.92 Å². The number of hydrogen-bond acceptors (Lipinski definition) is 3. The fourth-order valence-corrected chi connectivity index (χ4v) is 2.57. The van der Waals surface area contributed by atoms with Gasteiger partial charge in [0.1, 0.15) is 5.82 Å². The molecule has 1 saturated heterocycles. The molecule has 1 aliphatic rings. The first-order valence-electron chi connectivity index (χ1n) is 7.29. The molecule has 1 fully saturated rings. The normalized spacial score (nSPS) is 18.4. The average Bonchev–Trinajstić information content (AvgIpc) is 2.50. The number of benzene rings is 1. The van der Waals surface area contributed by atoms with Crippen molar-refractivity contribution in [2.75, 3.05) is 19.7 Å². The molecule has 0 bridgehead atoms. The quantitative estimate of drug-likeness (QED) is 0.799. The van der Waals surface area contributed by atoms with Gasteiger partial charge < -0.3 is 9.64 Å². The molecule has 4 nitrogen and oxygen atoms in total. The molecule has 1 amide bonds. The van der Waals surface area contributed by atoms with Crippen LogP contribution in [0.15, 0.2) is 24.3 Å². The van der Waals surface area contributed by atoms with Gasteiger partial charge in [-0.05, 0) is 31.4 Å². The summed E-state index contributed by atoms with van der Waals surface area (Å²) in [6.45, 7) is 3.09. The van der Waals surface area contributed by atoms with Gasteiger partial charge in [-0.2, -0.15) is 0 Å². The third-order valence-electron chi connectivity index (χ3n) is 3.69. The second-order valence-electron chi connectivity index (χ2n) is 5.20. The lowest BCUT2D eigenvalue weighted by Gasteiger charge is -2.31. The van der Waals surface area contributed by atoms with E-state index in [2.05, 4.69) is 0 Å². The molecule has 0 unspecified atom stereocenters. The van der Waals surface area contributed by atoms with Gasteiger partial charge in [-0.1, -0.05) is 18.2 Å². The maximum absolute atomic E-state index is 13.6. The van der Waals surface area contributed by atoms with Crippen molar-refractivity contribution in [1.82, 2.24) is 4.90 Å². The lowest BCUT2D eigenvalue weighted by Crippen LogP contribution is -2.43. The Kier molecular flexibility index (Phi) is 5.31. The molecule has 0 spiro atoms. The molecule has 1 aromatic rings. The minimum absolute atomic E-state index is 0.0300. The maximum atomic E-state index is 13.6. The van der Waals surface area contributed by atoms with Gasteiger partial charge in [-0.3, -0.25) is 9.59 Å². The summed E-state index contributed by atoms with van der Waals surface area (Å²) in [5.74, 6) is -1.02. The fraction of sp³-hybridized carbons (Fsp3) is 0.500. The van der Waals surface area contributed by atoms with Crippen LogP contribution in [0.4, 0.5) is 4.39 Å². The topological polar surface area (TPSA) is 46.6 Å². The van der Waals surface area contributed by atoms with Gasteiger partial charge in [0.15, 0.2) is 0 Å². The van der Waals surface area contributed by atoms with Crippen LogP contribution in [0.1, 0.15) is 25.3 Å². The molecule has 1 heterocycles. The smallest absolute Gasteiger partial charge is 0.310 e. The van der Waals surface area contributed by atoms with Crippen LogP contribution in [0.25, 0.3) is 0 Å². The lowest BCUT2D eigenvalue weighted by atomic mass is 9.97. The summed E-state index contributed by atoms with van der Waals surface area (Å²) in [6, 6.07) is 6.27. The van der Waals surface area contributed by atoms with Crippen LogP contribution >= 0.6 is 0 Å². The Morgan fingerprint density at radius 3 is 2.86 bits per heavy atom. The molecule has 2 rings (SSSR count). The molecule has 0 aromatic heterocycles. The number of nitrogens with zero attached hydrogens (tertiary/aromatic N) is 1. The Morgan fingerprint density at radius 2 is 2.14 bits per heavy atom. The third kappa shape index (κ3) is 4.03. The van der Waals surface area contributed by atoms with Crippen molar-refractivity contribution in [3.63, 3.8) is 0 Å². The van der Waals surface area contributed by atoms with E-state index in [-0.39, 0.29) is 30.0 Å². The number of halogens is 1. The minimum Gasteiger partial charge on any atom is -0.466 e. The van der Waals surface area contributed by atoms with Crippen molar-refractivity contribution in [1.29, 1.82) is 0 Å². The van der Waals surface area contributed by atoms with Crippen LogP contribution in [-0.2, 0) is 20.7 Å². The highest BCUT2D eigenvalue weighted by atomic mass is 19.1. The van der Waals surface area contributed by atoms with Gasteiger partial charge in [0.2, 0.25) is 5.91 Å². The summed E-state index contributed by atoms with van der Waals surface area (Å²) in [5, 5.41) is 0. The van der Waals surface area contributed by atoms with Gasteiger partial charge in [0.25, 0.3) is 0 Å². The van der Waals surface area contributed by atoms with Gasteiger partial charge in [0, 0.05) is 13.1 Å². The molecular weight excluding hydrogens is 273 g/mol. The number of ether oxygens (including phenoxy) is 1. The van der Waals surface area contributed by atoms with Gasteiger partial charge in [-0.25, -0.2) is 4.39 Å². The molecule has 1 atom stereocenters. The second kappa shape index (κ2) is 7.20. The lowest BCUT2D eigenvalue weighted by molar-refractivity contribution is -0.151. The summed E-state index contributed by atoms with van der Waals surface area (Å²) < 4.78 is 18.6. The highest BCUT2D eigenvalue weighted by Gasteiger charge is 2.29. The van der Waals surface area contributed by atoms with E-state index in [1.165, 1.54) is 6.07 Å². The SMILES string of the molecule is CCOC(=O)[C@H]1CCCN(C(=O)Cc2ccccc2F)C1. The van der Waals surface area contributed by atoms with Crippen molar-refractivity contribution >= 4 is 11.9 Å². The van der Waals surface area contributed by atoms with Crippen LogP contribution < -0.4 is 0 Å². The number of esters is 1. The van der Waals surface area contributed by atoms with E-state index in [1.54, 1.807) is 30.0 Å². The Bertz CT molecular complexity index is 518. The van der Waals surface area contributed by atoms with Gasteiger partial charge >= 0.3 is 5.97 Å². The number of piperidine rings is 1. The highest BCUT2D eigenvalue weighted by Crippen LogP contribution is 2.19. The fourth-order valence-electron chi connectivity index (χ4n) is 2.57. The Labute approximate surface area is 123 Å². The summed E-state index contributed by atoms with van der Waals surface area (Å²) in [6.07, 6.45) is 1.54. The van der Waals surface area contributed by atoms with Gasteiger partial charge in [-0.15, -0.1) is 0 Å². The van der Waals surface area contributed by atoms with Crippen LogP contribution in [0, 0.1) is 11.7 Å².